The Morgan fingerprint density at radius 2 is 1.94 bits per heavy atom. The van der Waals surface area contributed by atoms with Gasteiger partial charge in [-0.25, -0.2) is 0 Å². The van der Waals surface area contributed by atoms with Gasteiger partial charge in [-0.15, -0.1) is 0 Å². The van der Waals surface area contributed by atoms with Crippen molar-refractivity contribution in [1.29, 1.82) is 0 Å². The van der Waals surface area contributed by atoms with Crippen LogP contribution in [0.2, 0.25) is 0 Å². The second kappa shape index (κ2) is 5.99. The summed E-state index contributed by atoms with van der Waals surface area (Å²) in [6, 6.07) is 0. The molecule has 1 aliphatic rings. The van der Waals surface area contributed by atoms with Crippen molar-refractivity contribution < 1.29 is 14.6 Å². The number of hydrogen-bond donors (Lipinski definition) is 1. The Balaban J connectivity index is 2.43. The summed E-state index contributed by atoms with van der Waals surface area (Å²) in [5.41, 5.74) is -0.0134. The summed E-state index contributed by atoms with van der Waals surface area (Å²) in [6.45, 7) is 9.67. The molecule has 0 spiro atoms. The molecule has 0 aromatic carbocycles. The topological polar surface area (TPSA) is 38.7 Å². The highest BCUT2D eigenvalue weighted by Gasteiger charge is 2.53. The highest BCUT2D eigenvalue weighted by molar-refractivity contribution is 5.02. The molecule has 0 heterocycles. The average molecular weight is 230 g/mol. The van der Waals surface area contributed by atoms with E-state index in [2.05, 4.69) is 13.8 Å². The van der Waals surface area contributed by atoms with Gasteiger partial charge in [0.15, 0.2) is 0 Å². The van der Waals surface area contributed by atoms with Crippen molar-refractivity contribution in [2.75, 3.05) is 13.2 Å². The fraction of sp³-hybridized carbons (Fsp3) is 1.00. The molecule has 0 aromatic rings. The zero-order chi connectivity index (χ0) is 12.2. The summed E-state index contributed by atoms with van der Waals surface area (Å²) in [5, 5.41) is 9.91. The number of hydrogen-bond acceptors (Lipinski definition) is 3. The Kier molecular flexibility index (Phi) is 5.22. The predicted octanol–water partition coefficient (Wildman–Crippen LogP) is 2.37. The molecule has 96 valence electrons. The quantitative estimate of drug-likeness (QED) is 0.729. The molecule has 1 fully saturated rings. The minimum atomic E-state index is -0.188. The number of rotatable bonds is 7. The minimum absolute atomic E-state index is 0.0134. The molecule has 3 nitrogen and oxygen atoms in total. The first-order chi connectivity index (χ1) is 7.60. The van der Waals surface area contributed by atoms with E-state index in [1.807, 2.05) is 13.8 Å². The smallest absolute Gasteiger partial charge is 0.0784 e. The van der Waals surface area contributed by atoms with Gasteiger partial charge in [-0.2, -0.15) is 0 Å². The van der Waals surface area contributed by atoms with Gasteiger partial charge in [0.1, 0.15) is 0 Å². The zero-order valence-electron chi connectivity index (χ0n) is 11.0. The number of aliphatic hydroxyl groups excluding tert-OH is 1. The van der Waals surface area contributed by atoms with Crippen LogP contribution >= 0.6 is 0 Å². The lowest BCUT2D eigenvalue weighted by Gasteiger charge is -2.53. The second-order valence-corrected chi connectivity index (χ2v) is 4.79. The first-order valence-corrected chi connectivity index (χ1v) is 6.51. The van der Waals surface area contributed by atoms with Gasteiger partial charge in [0.05, 0.1) is 24.9 Å². The molecule has 0 amide bonds. The molecule has 1 N–H and O–H groups in total. The van der Waals surface area contributed by atoms with E-state index in [0.29, 0.717) is 6.61 Å². The maximum Gasteiger partial charge on any atom is 0.0784 e. The van der Waals surface area contributed by atoms with E-state index in [9.17, 15) is 5.11 Å². The summed E-state index contributed by atoms with van der Waals surface area (Å²) in [4.78, 5) is 0. The molecule has 0 aliphatic heterocycles. The molecule has 3 unspecified atom stereocenters. The molecule has 0 saturated heterocycles. The fourth-order valence-electron chi connectivity index (χ4n) is 2.70. The van der Waals surface area contributed by atoms with Crippen LogP contribution in [0.1, 0.15) is 47.0 Å². The zero-order valence-corrected chi connectivity index (χ0v) is 11.0. The molecule has 0 bridgehead atoms. The maximum atomic E-state index is 9.91. The summed E-state index contributed by atoms with van der Waals surface area (Å²) in [6.07, 6.45) is 2.88. The van der Waals surface area contributed by atoms with E-state index in [1.54, 1.807) is 0 Å². The van der Waals surface area contributed by atoms with E-state index >= 15 is 0 Å². The van der Waals surface area contributed by atoms with Crippen molar-refractivity contribution in [3.63, 3.8) is 0 Å². The van der Waals surface area contributed by atoms with Crippen molar-refractivity contribution in [2.45, 2.75) is 65.3 Å². The molecule has 0 aromatic heterocycles. The molecule has 16 heavy (non-hydrogen) atoms. The Morgan fingerprint density at radius 1 is 1.31 bits per heavy atom. The van der Waals surface area contributed by atoms with Gasteiger partial charge < -0.3 is 14.6 Å². The summed E-state index contributed by atoms with van der Waals surface area (Å²) < 4.78 is 11.3. The first-order valence-electron chi connectivity index (χ1n) is 6.51. The molecule has 1 saturated carbocycles. The van der Waals surface area contributed by atoms with Crippen LogP contribution in [0.25, 0.3) is 0 Å². The maximum absolute atomic E-state index is 9.91. The van der Waals surface area contributed by atoms with Crippen molar-refractivity contribution in [1.82, 2.24) is 0 Å². The average Bonchev–Trinajstić information content (AvgIpc) is 2.27. The number of ether oxygens (including phenoxy) is 2. The van der Waals surface area contributed by atoms with E-state index in [-0.39, 0.29) is 23.7 Å². The molecule has 3 atom stereocenters. The van der Waals surface area contributed by atoms with Crippen LogP contribution in [-0.4, -0.2) is 36.6 Å². The fourth-order valence-corrected chi connectivity index (χ4v) is 2.70. The van der Waals surface area contributed by atoms with Crippen molar-refractivity contribution in [3.8, 4) is 0 Å². The minimum Gasteiger partial charge on any atom is -0.392 e. The molecule has 0 radical (unpaired) electrons. The van der Waals surface area contributed by atoms with Crippen LogP contribution < -0.4 is 0 Å². The highest BCUT2D eigenvalue weighted by Crippen LogP contribution is 2.49. The van der Waals surface area contributed by atoms with Crippen molar-refractivity contribution in [3.05, 3.63) is 0 Å². The lowest BCUT2D eigenvalue weighted by molar-refractivity contribution is -0.216. The lowest BCUT2D eigenvalue weighted by Crippen LogP contribution is -2.58. The van der Waals surface area contributed by atoms with Crippen LogP contribution in [0.15, 0.2) is 0 Å². The standard InChI is InChI=1S/C13H26O3/c1-5-13(6-2)11(14)8-12(13)16-10(4)9-15-7-3/h10-12,14H,5-9H2,1-4H3. The van der Waals surface area contributed by atoms with Crippen molar-refractivity contribution >= 4 is 0 Å². The van der Waals surface area contributed by atoms with Crippen LogP contribution in [0.4, 0.5) is 0 Å². The Bertz CT molecular complexity index is 201. The largest absolute Gasteiger partial charge is 0.392 e. The van der Waals surface area contributed by atoms with Crippen molar-refractivity contribution in [2.24, 2.45) is 5.41 Å². The van der Waals surface area contributed by atoms with Gasteiger partial charge >= 0.3 is 0 Å². The van der Waals surface area contributed by atoms with E-state index in [0.717, 1.165) is 25.9 Å². The van der Waals surface area contributed by atoms with Crippen LogP contribution in [0.5, 0.6) is 0 Å². The van der Waals surface area contributed by atoms with Crippen LogP contribution in [-0.2, 0) is 9.47 Å². The summed E-state index contributed by atoms with van der Waals surface area (Å²) >= 11 is 0. The van der Waals surface area contributed by atoms with E-state index < -0.39 is 0 Å². The normalized spacial score (nSPS) is 29.8. The summed E-state index contributed by atoms with van der Waals surface area (Å²) in [7, 11) is 0. The van der Waals surface area contributed by atoms with Crippen LogP contribution in [0.3, 0.4) is 0 Å². The Morgan fingerprint density at radius 3 is 2.38 bits per heavy atom. The molecular weight excluding hydrogens is 204 g/mol. The summed E-state index contributed by atoms with van der Waals surface area (Å²) in [5.74, 6) is 0. The van der Waals surface area contributed by atoms with E-state index in [4.69, 9.17) is 9.47 Å². The third-order valence-corrected chi connectivity index (χ3v) is 4.01. The van der Waals surface area contributed by atoms with Crippen LogP contribution in [0, 0.1) is 5.41 Å². The van der Waals surface area contributed by atoms with E-state index in [1.165, 1.54) is 0 Å². The molecular formula is C13H26O3. The van der Waals surface area contributed by atoms with Gasteiger partial charge in [-0.3, -0.25) is 0 Å². The molecule has 1 aliphatic carbocycles. The highest BCUT2D eigenvalue weighted by atomic mass is 16.5. The van der Waals surface area contributed by atoms with Gasteiger partial charge in [0.25, 0.3) is 0 Å². The van der Waals surface area contributed by atoms with Gasteiger partial charge in [-0.1, -0.05) is 13.8 Å². The first kappa shape index (κ1) is 13.9. The Hall–Kier alpha value is -0.120. The monoisotopic (exact) mass is 230 g/mol. The van der Waals surface area contributed by atoms with Gasteiger partial charge in [0.2, 0.25) is 0 Å². The number of aliphatic hydroxyl groups is 1. The SMILES string of the molecule is CCOCC(C)OC1CC(O)C1(CC)CC. The lowest BCUT2D eigenvalue weighted by atomic mass is 9.60. The second-order valence-electron chi connectivity index (χ2n) is 4.79. The Labute approximate surface area is 99.1 Å². The third-order valence-electron chi connectivity index (χ3n) is 4.01. The van der Waals surface area contributed by atoms with Gasteiger partial charge in [0, 0.05) is 18.4 Å². The van der Waals surface area contributed by atoms with Gasteiger partial charge in [-0.05, 0) is 26.7 Å². The third kappa shape index (κ3) is 2.58. The predicted molar refractivity (Wildman–Crippen MR) is 64.5 cm³/mol. The molecule has 1 rings (SSSR count). The molecule has 3 heteroatoms.